The number of phenols is 1. The number of aromatic hydroxyl groups is 1. The van der Waals surface area contributed by atoms with E-state index in [0.717, 1.165) is 29.0 Å². The quantitative estimate of drug-likeness (QED) is 0.836. The lowest BCUT2D eigenvalue weighted by Gasteiger charge is -2.27. The molecule has 0 amide bonds. The number of hydrogen-bond donors (Lipinski definition) is 1. The molecule has 0 fully saturated rings. The van der Waals surface area contributed by atoms with E-state index in [0.29, 0.717) is 12.4 Å². The molecule has 1 N–H and O–H groups in total. The Morgan fingerprint density at radius 1 is 1.24 bits per heavy atom. The Labute approximate surface area is 147 Å². The molecule has 2 atom stereocenters. The van der Waals surface area contributed by atoms with Gasteiger partial charge in [0, 0.05) is 22.8 Å². The average Bonchev–Trinajstić information content (AvgIpc) is 2.98. The summed E-state index contributed by atoms with van der Waals surface area (Å²) >= 11 is 0. The van der Waals surface area contributed by atoms with Gasteiger partial charge in [-0.3, -0.25) is 0 Å². The largest absolute Gasteiger partial charge is 0.508 e. The molecular formula is C21H22O4. The Morgan fingerprint density at radius 2 is 2.04 bits per heavy atom. The maximum atomic E-state index is 9.69. The third-order valence-electron chi connectivity index (χ3n) is 4.91. The summed E-state index contributed by atoms with van der Waals surface area (Å²) in [6.45, 7) is 4.72. The van der Waals surface area contributed by atoms with Gasteiger partial charge in [0.25, 0.3) is 0 Å². The van der Waals surface area contributed by atoms with E-state index in [1.807, 2.05) is 12.1 Å². The van der Waals surface area contributed by atoms with Crippen LogP contribution in [0.3, 0.4) is 0 Å². The van der Waals surface area contributed by atoms with E-state index in [2.05, 4.69) is 26.0 Å². The predicted molar refractivity (Wildman–Crippen MR) is 95.8 cm³/mol. The van der Waals surface area contributed by atoms with Crippen LogP contribution in [0.1, 0.15) is 42.6 Å². The summed E-state index contributed by atoms with van der Waals surface area (Å²) in [5.41, 5.74) is 4.49. The minimum Gasteiger partial charge on any atom is -0.508 e. The van der Waals surface area contributed by atoms with Gasteiger partial charge in [-0.05, 0) is 38.5 Å². The second-order valence-electron chi connectivity index (χ2n) is 6.83. The molecule has 0 aliphatic carbocycles. The van der Waals surface area contributed by atoms with Gasteiger partial charge in [-0.15, -0.1) is 0 Å². The first-order chi connectivity index (χ1) is 12.1. The molecule has 0 saturated heterocycles. The smallest absolute Gasteiger partial charge is 0.138 e. The van der Waals surface area contributed by atoms with Crippen molar-refractivity contribution in [1.82, 2.24) is 0 Å². The number of rotatable bonds is 3. The SMILES string of the molecule is COc1ccc2c(c1CC=C(C)C)O[C@@H]1c3ccc(O)cc3OC[C@@H]21. The van der Waals surface area contributed by atoms with Crippen molar-refractivity contribution in [3.05, 3.63) is 58.7 Å². The van der Waals surface area contributed by atoms with Crippen molar-refractivity contribution < 1.29 is 19.3 Å². The van der Waals surface area contributed by atoms with Crippen LogP contribution >= 0.6 is 0 Å². The minimum atomic E-state index is -0.0862. The van der Waals surface area contributed by atoms with E-state index in [9.17, 15) is 5.11 Å². The van der Waals surface area contributed by atoms with Crippen LogP contribution in [0.2, 0.25) is 0 Å². The highest BCUT2D eigenvalue weighted by atomic mass is 16.5. The number of allylic oxidation sites excluding steroid dienone is 2. The van der Waals surface area contributed by atoms with Crippen molar-refractivity contribution in [2.45, 2.75) is 32.3 Å². The van der Waals surface area contributed by atoms with Crippen molar-refractivity contribution in [2.75, 3.05) is 13.7 Å². The van der Waals surface area contributed by atoms with Crippen LogP contribution in [0, 0.1) is 0 Å². The van der Waals surface area contributed by atoms with Gasteiger partial charge >= 0.3 is 0 Å². The molecule has 0 aromatic heterocycles. The summed E-state index contributed by atoms with van der Waals surface area (Å²) in [6, 6.07) is 9.33. The highest BCUT2D eigenvalue weighted by Gasteiger charge is 2.42. The van der Waals surface area contributed by atoms with Crippen molar-refractivity contribution in [3.63, 3.8) is 0 Å². The number of fused-ring (bicyclic) bond motifs is 5. The van der Waals surface area contributed by atoms with Crippen LogP contribution < -0.4 is 14.2 Å². The normalized spacial score (nSPS) is 19.8. The molecule has 130 valence electrons. The predicted octanol–water partition coefficient (Wildman–Crippen LogP) is 4.52. The number of phenolic OH excluding ortho intramolecular Hbond substituents is 1. The van der Waals surface area contributed by atoms with Gasteiger partial charge in [0.1, 0.15) is 29.1 Å². The molecule has 2 aliphatic heterocycles. The zero-order valence-corrected chi connectivity index (χ0v) is 14.7. The molecule has 2 aromatic rings. The summed E-state index contributed by atoms with van der Waals surface area (Å²) in [5, 5.41) is 9.69. The van der Waals surface area contributed by atoms with Crippen LogP contribution in [0.15, 0.2) is 42.0 Å². The Kier molecular flexibility index (Phi) is 3.83. The number of methoxy groups -OCH3 is 1. The van der Waals surface area contributed by atoms with Crippen molar-refractivity contribution >= 4 is 0 Å². The third kappa shape index (κ3) is 2.62. The fraction of sp³-hybridized carbons (Fsp3) is 0.333. The maximum Gasteiger partial charge on any atom is 0.138 e. The fourth-order valence-corrected chi connectivity index (χ4v) is 3.64. The van der Waals surface area contributed by atoms with Gasteiger partial charge in [0.05, 0.1) is 19.6 Å². The Balaban J connectivity index is 1.78. The molecule has 4 heteroatoms. The highest BCUT2D eigenvalue weighted by Crippen LogP contribution is 2.53. The average molecular weight is 338 g/mol. The number of ether oxygens (including phenoxy) is 3. The summed E-state index contributed by atoms with van der Waals surface area (Å²) in [7, 11) is 1.69. The Bertz CT molecular complexity index is 849. The molecule has 2 aromatic carbocycles. The molecule has 2 aliphatic rings. The monoisotopic (exact) mass is 338 g/mol. The summed E-state index contributed by atoms with van der Waals surface area (Å²) < 4.78 is 17.9. The first kappa shape index (κ1) is 15.9. The maximum absolute atomic E-state index is 9.69. The van der Waals surface area contributed by atoms with E-state index in [1.165, 1.54) is 11.1 Å². The van der Waals surface area contributed by atoms with Crippen LogP contribution in [0.25, 0.3) is 0 Å². The van der Waals surface area contributed by atoms with Gasteiger partial charge in [0.2, 0.25) is 0 Å². The molecule has 0 radical (unpaired) electrons. The van der Waals surface area contributed by atoms with Gasteiger partial charge in [-0.25, -0.2) is 0 Å². The Hall–Kier alpha value is -2.62. The van der Waals surface area contributed by atoms with E-state index < -0.39 is 0 Å². The zero-order chi connectivity index (χ0) is 17.6. The number of hydrogen-bond acceptors (Lipinski definition) is 4. The van der Waals surface area contributed by atoms with Gasteiger partial charge in [-0.2, -0.15) is 0 Å². The lowest BCUT2D eigenvalue weighted by Crippen LogP contribution is -2.22. The number of benzene rings is 2. The van der Waals surface area contributed by atoms with Crippen molar-refractivity contribution in [3.8, 4) is 23.0 Å². The first-order valence-electron chi connectivity index (χ1n) is 8.54. The second-order valence-corrected chi connectivity index (χ2v) is 6.83. The summed E-state index contributed by atoms with van der Waals surface area (Å²) in [6.07, 6.45) is 2.88. The molecule has 25 heavy (non-hydrogen) atoms. The van der Waals surface area contributed by atoms with Crippen molar-refractivity contribution in [2.24, 2.45) is 0 Å². The standard InChI is InChI=1S/C21H22O4/c1-12(2)4-6-15-18(23-3)9-8-14-17-11-24-19-10-13(22)5-7-16(19)21(17)25-20(14)15/h4-5,7-10,17,21-22H,6,11H2,1-3H3/t17-,21+/m0/s1. The van der Waals surface area contributed by atoms with E-state index in [1.54, 1.807) is 19.2 Å². The van der Waals surface area contributed by atoms with E-state index >= 15 is 0 Å². The summed E-state index contributed by atoms with van der Waals surface area (Å²) in [5.74, 6) is 2.83. The molecule has 0 bridgehead atoms. The van der Waals surface area contributed by atoms with Gasteiger partial charge in [0.15, 0.2) is 0 Å². The molecule has 0 saturated carbocycles. The van der Waals surface area contributed by atoms with Crippen LogP contribution in [-0.2, 0) is 6.42 Å². The zero-order valence-electron chi connectivity index (χ0n) is 14.7. The van der Waals surface area contributed by atoms with Crippen LogP contribution in [0.5, 0.6) is 23.0 Å². The molecule has 4 rings (SSSR count). The minimum absolute atomic E-state index is 0.0862. The van der Waals surface area contributed by atoms with Crippen LogP contribution in [0.4, 0.5) is 0 Å². The lowest BCUT2D eigenvalue weighted by molar-refractivity contribution is 0.138. The third-order valence-corrected chi connectivity index (χ3v) is 4.91. The molecule has 0 unspecified atom stereocenters. The molecule has 4 nitrogen and oxygen atoms in total. The van der Waals surface area contributed by atoms with Gasteiger partial charge in [-0.1, -0.05) is 17.7 Å². The molecule has 2 heterocycles. The fourth-order valence-electron chi connectivity index (χ4n) is 3.64. The highest BCUT2D eigenvalue weighted by molar-refractivity contribution is 5.57. The molecular weight excluding hydrogens is 316 g/mol. The Morgan fingerprint density at radius 3 is 2.80 bits per heavy atom. The van der Waals surface area contributed by atoms with E-state index in [4.69, 9.17) is 14.2 Å². The first-order valence-corrected chi connectivity index (χ1v) is 8.54. The van der Waals surface area contributed by atoms with Gasteiger partial charge < -0.3 is 19.3 Å². The topological polar surface area (TPSA) is 47.9 Å². The van der Waals surface area contributed by atoms with Crippen LogP contribution in [-0.4, -0.2) is 18.8 Å². The van der Waals surface area contributed by atoms with Crippen molar-refractivity contribution in [1.29, 1.82) is 0 Å². The summed E-state index contributed by atoms with van der Waals surface area (Å²) in [4.78, 5) is 0. The molecule has 0 spiro atoms. The van der Waals surface area contributed by atoms with E-state index in [-0.39, 0.29) is 17.8 Å². The lowest BCUT2D eigenvalue weighted by atomic mass is 9.88. The second kappa shape index (κ2) is 6.03.